The third-order valence-electron chi connectivity index (χ3n) is 6.87. The fourth-order valence-electron chi connectivity index (χ4n) is 5.78. The second-order valence-electron chi connectivity index (χ2n) is 8.29. The minimum Gasteiger partial charge on any atom is -0.300 e. The molecule has 4 aromatic rings. The molecule has 0 N–H and O–H groups in total. The van der Waals surface area contributed by atoms with Crippen molar-refractivity contribution >= 4 is 5.78 Å². The van der Waals surface area contributed by atoms with Crippen molar-refractivity contribution in [1.29, 1.82) is 0 Å². The molecule has 4 heterocycles. The highest BCUT2D eigenvalue weighted by Crippen LogP contribution is 2.64. The minimum atomic E-state index is -0.465. The molecule has 150 valence electrons. The molecule has 1 spiro atoms. The van der Waals surface area contributed by atoms with Crippen LogP contribution in [0.5, 0.6) is 0 Å². The van der Waals surface area contributed by atoms with Crippen LogP contribution in [0.2, 0.25) is 0 Å². The van der Waals surface area contributed by atoms with Gasteiger partial charge in [0, 0.05) is 67.3 Å². The van der Waals surface area contributed by atoms with Crippen molar-refractivity contribution in [2.45, 2.75) is 30.1 Å². The highest BCUT2D eigenvalue weighted by atomic mass is 16.1. The molecule has 0 saturated heterocycles. The van der Waals surface area contributed by atoms with Crippen LogP contribution in [0.15, 0.2) is 85.7 Å². The monoisotopic (exact) mass is 404 g/mol. The number of ketones is 1. The summed E-state index contributed by atoms with van der Waals surface area (Å²) in [6.07, 6.45) is 11.9. The molecule has 0 aliphatic heterocycles. The number of pyridine rings is 4. The van der Waals surface area contributed by atoms with Crippen LogP contribution in [0.4, 0.5) is 0 Å². The van der Waals surface area contributed by atoms with Gasteiger partial charge in [0.25, 0.3) is 0 Å². The number of rotatable bonds is 2. The van der Waals surface area contributed by atoms with Crippen LogP contribution < -0.4 is 0 Å². The van der Waals surface area contributed by atoms with Gasteiger partial charge < -0.3 is 0 Å². The number of hydrogen-bond acceptors (Lipinski definition) is 5. The Bertz CT molecular complexity index is 1170. The van der Waals surface area contributed by atoms with E-state index in [0.29, 0.717) is 12.8 Å². The van der Waals surface area contributed by atoms with Crippen LogP contribution in [0.3, 0.4) is 0 Å². The van der Waals surface area contributed by atoms with Crippen LogP contribution in [-0.4, -0.2) is 25.7 Å². The van der Waals surface area contributed by atoms with E-state index < -0.39 is 5.41 Å². The molecule has 0 amide bonds. The molecule has 0 unspecified atom stereocenters. The van der Waals surface area contributed by atoms with Crippen molar-refractivity contribution in [2.75, 3.05) is 0 Å². The van der Waals surface area contributed by atoms with Gasteiger partial charge in [0.1, 0.15) is 5.78 Å². The fraction of sp³-hybridized carbons (Fsp3) is 0.192. The number of hydrogen-bond donors (Lipinski definition) is 0. The van der Waals surface area contributed by atoms with Crippen LogP contribution in [0.25, 0.3) is 11.4 Å². The molecule has 6 rings (SSSR count). The Labute approximate surface area is 180 Å². The zero-order valence-electron chi connectivity index (χ0n) is 16.8. The topological polar surface area (TPSA) is 68.6 Å². The van der Waals surface area contributed by atoms with Gasteiger partial charge in [-0.2, -0.15) is 0 Å². The molecule has 31 heavy (non-hydrogen) atoms. The number of fused-ring (bicyclic) bond motifs is 5. The van der Waals surface area contributed by atoms with E-state index in [1.807, 2.05) is 49.1 Å². The Morgan fingerprint density at radius 3 is 1.61 bits per heavy atom. The Morgan fingerprint density at radius 1 is 0.677 bits per heavy atom. The first-order valence-corrected chi connectivity index (χ1v) is 10.5. The first kappa shape index (κ1) is 18.1. The van der Waals surface area contributed by atoms with Crippen molar-refractivity contribution in [3.8, 4) is 11.4 Å². The molecule has 1 saturated carbocycles. The van der Waals surface area contributed by atoms with E-state index in [-0.39, 0.29) is 17.6 Å². The molecule has 5 heteroatoms. The normalized spacial score (nSPS) is 21.0. The van der Waals surface area contributed by atoms with Crippen molar-refractivity contribution in [1.82, 2.24) is 19.9 Å². The number of nitrogens with zero attached hydrogens (tertiary/aromatic N) is 4. The van der Waals surface area contributed by atoms with Gasteiger partial charge in [0.05, 0.1) is 11.4 Å². The lowest BCUT2D eigenvalue weighted by Crippen LogP contribution is -2.45. The third kappa shape index (κ3) is 2.53. The lowest BCUT2D eigenvalue weighted by Gasteiger charge is -2.48. The summed E-state index contributed by atoms with van der Waals surface area (Å²) in [5.41, 5.74) is 5.77. The van der Waals surface area contributed by atoms with E-state index in [2.05, 4.69) is 34.2 Å². The summed E-state index contributed by atoms with van der Waals surface area (Å²) in [4.78, 5) is 31.4. The van der Waals surface area contributed by atoms with E-state index in [1.54, 1.807) is 12.4 Å². The number of carbonyl (C=O) groups is 1. The van der Waals surface area contributed by atoms with Gasteiger partial charge in [0.2, 0.25) is 0 Å². The van der Waals surface area contributed by atoms with Crippen LogP contribution in [0.1, 0.15) is 46.9 Å². The second-order valence-corrected chi connectivity index (χ2v) is 8.29. The molecule has 2 atom stereocenters. The van der Waals surface area contributed by atoms with Gasteiger partial charge in [0.15, 0.2) is 0 Å². The summed E-state index contributed by atoms with van der Waals surface area (Å²) in [6, 6.07) is 16.4. The average molecular weight is 404 g/mol. The quantitative estimate of drug-likeness (QED) is 0.493. The molecule has 0 radical (unpaired) electrons. The van der Waals surface area contributed by atoms with Gasteiger partial charge in [-0.05, 0) is 46.5 Å². The van der Waals surface area contributed by atoms with Gasteiger partial charge in [-0.25, -0.2) is 0 Å². The summed E-state index contributed by atoms with van der Waals surface area (Å²) in [5, 5.41) is 0. The Balaban J connectivity index is 1.73. The maximum absolute atomic E-state index is 13.1. The van der Waals surface area contributed by atoms with E-state index in [1.165, 1.54) is 0 Å². The summed E-state index contributed by atoms with van der Waals surface area (Å²) in [7, 11) is 0. The molecule has 1 fully saturated rings. The fourth-order valence-corrected chi connectivity index (χ4v) is 5.78. The summed E-state index contributed by atoms with van der Waals surface area (Å²) in [6.45, 7) is 0. The predicted octanol–water partition coefficient (Wildman–Crippen LogP) is 4.46. The van der Waals surface area contributed by atoms with E-state index in [0.717, 1.165) is 33.6 Å². The number of Topliss-reactive ketones (excluding diaryl/α,β-unsaturated/α-hetero) is 1. The van der Waals surface area contributed by atoms with Gasteiger partial charge in [-0.3, -0.25) is 24.7 Å². The SMILES string of the molecule is O=C1C[C@H](c2cccnc2)C2(c3cccnc3-c3ncccc32)[C@@H](c2cccnc2)C1. The summed E-state index contributed by atoms with van der Waals surface area (Å²) < 4.78 is 0. The van der Waals surface area contributed by atoms with Gasteiger partial charge in [-0.1, -0.05) is 24.3 Å². The van der Waals surface area contributed by atoms with Crippen molar-refractivity contribution < 1.29 is 4.79 Å². The molecular weight excluding hydrogens is 384 g/mol. The van der Waals surface area contributed by atoms with Crippen LogP contribution in [0, 0.1) is 0 Å². The number of aromatic nitrogens is 4. The molecule has 2 aliphatic carbocycles. The summed E-state index contributed by atoms with van der Waals surface area (Å²) in [5.74, 6) is 0.123. The van der Waals surface area contributed by atoms with E-state index in [9.17, 15) is 4.79 Å². The van der Waals surface area contributed by atoms with Crippen molar-refractivity contribution in [3.05, 3.63) is 108 Å². The maximum Gasteiger partial charge on any atom is 0.134 e. The minimum absolute atomic E-state index is 0.0685. The highest BCUT2D eigenvalue weighted by Gasteiger charge is 2.58. The molecule has 5 nitrogen and oxygen atoms in total. The average Bonchev–Trinajstić information content (AvgIpc) is 3.13. The molecule has 2 aliphatic rings. The third-order valence-corrected chi connectivity index (χ3v) is 6.87. The molecular formula is C26H20N4O. The Hall–Kier alpha value is -3.73. The van der Waals surface area contributed by atoms with Gasteiger partial charge in [-0.15, -0.1) is 0 Å². The van der Waals surface area contributed by atoms with E-state index >= 15 is 0 Å². The van der Waals surface area contributed by atoms with Crippen LogP contribution >= 0.6 is 0 Å². The van der Waals surface area contributed by atoms with E-state index in [4.69, 9.17) is 9.97 Å². The zero-order chi connectivity index (χ0) is 20.8. The standard InChI is InChI=1S/C26H20N4O/c31-19-13-22(17-5-1-9-27-15-17)26(23(14-19)18-6-2-10-28-16-18)20-7-3-11-29-24(20)25-21(26)8-4-12-30-25/h1-12,15-16,22-23H,13-14H2/t22-,23-/m1/s1. The molecule has 4 aromatic heterocycles. The molecule has 0 aromatic carbocycles. The zero-order valence-corrected chi connectivity index (χ0v) is 16.8. The van der Waals surface area contributed by atoms with Crippen molar-refractivity contribution in [2.24, 2.45) is 0 Å². The predicted molar refractivity (Wildman–Crippen MR) is 116 cm³/mol. The Kier molecular flexibility index (Phi) is 4.03. The Morgan fingerprint density at radius 2 is 1.16 bits per heavy atom. The maximum atomic E-state index is 13.1. The van der Waals surface area contributed by atoms with Crippen LogP contribution in [-0.2, 0) is 10.2 Å². The lowest BCUT2D eigenvalue weighted by molar-refractivity contribution is -0.122. The van der Waals surface area contributed by atoms with Gasteiger partial charge >= 0.3 is 0 Å². The molecule has 0 bridgehead atoms. The lowest BCUT2D eigenvalue weighted by atomic mass is 9.53. The first-order valence-electron chi connectivity index (χ1n) is 10.5. The van der Waals surface area contributed by atoms with Crippen molar-refractivity contribution in [3.63, 3.8) is 0 Å². The largest absolute Gasteiger partial charge is 0.300 e. The first-order chi connectivity index (χ1) is 15.3. The smallest absolute Gasteiger partial charge is 0.134 e. The number of carbonyl (C=O) groups excluding carboxylic acids is 1. The highest BCUT2D eigenvalue weighted by molar-refractivity contribution is 5.86. The summed E-state index contributed by atoms with van der Waals surface area (Å²) >= 11 is 0. The second kappa shape index (κ2) is 6.91.